The van der Waals surface area contributed by atoms with Crippen molar-refractivity contribution in [1.29, 1.82) is 0 Å². The lowest BCUT2D eigenvalue weighted by Gasteiger charge is -2.04. The Morgan fingerprint density at radius 1 is 1.26 bits per heavy atom. The number of hydrogen-bond acceptors (Lipinski definition) is 4. The van der Waals surface area contributed by atoms with Gasteiger partial charge in [0, 0.05) is 23.9 Å². The van der Waals surface area contributed by atoms with Crippen LogP contribution in [0, 0.1) is 0 Å². The zero-order valence-corrected chi connectivity index (χ0v) is 12.3. The average Bonchev–Trinajstić information content (AvgIpc) is 2.92. The van der Waals surface area contributed by atoms with Crippen molar-refractivity contribution in [3.63, 3.8) is 0 Å². The highest BCUT2D eigenvalue weighted by atomic mass is 32.1. The topological polar surface area (TPSA) is 34.1 Å². The van der Waals surface area contributed by atoms with Crippen LogP contribution in [0.25, 0.3) is 11.3 Å². The molecule has 0 radical (unpaired) electrons. The number of thiazole rings is 1. The summed E-state index contributed by atoms with van der Waals surface area (Å²) in [5.41, 5.74) is 2.20. The molecule has 0 fully saturated rings. The van der Waals surface area contributed by atoms with E-state index in [0.29, 0.717) is 0 Å². The van der Waals surface area contributed by atoms with Gasteiger partial charge in [-0.25, -0.2) is 4.98 Å². The molecule has 0 aliphatic heterocycles. The molecule has 0 atom stereocenters. The smallest absolute Gasteiger partial charge is 0.119 e. The highest BCUT2D eigenvalue weighted by molar-refractivity contribution is 7.09. The Morgan fingerprint density at radius 2 is 2.05 bits per heavy atom. The van der Waals surface area contributed by atoms with Gasteiger partial charge in [0.15, 0.2) is 0 Å². The fourth-order valence-electron chi connectivity index (χ4n) is 1.73. The first-order valence-electron chi connectivity index (χ1n) is 6.65. The van der Waals surface area contributed by atoms with E-state index in [1.165, 1.54) is 5.01 Å². The van der Waals surface area contributed by atoms with Gasteiger partial charge < -0.3 is 10.1 Å². The van der Waals surface area contributed by atoms with E-state index in [2.05, 4.69) is 34.7 Å². The normalized spacial score (nSPS) is 10.6. The molecule has 0 aliphatic carbocycles. The number of aromatic nitrogens is 1. The molecule has 0 saturated carbocycles. The summed E-state index contributed by atoms with van der Waals surface area (Å²) in [6, 6.07) is 8.17. The van der Waals surface area contributed by atoms with Crippen LogP contribution in [0.2, 0.25) is 0 Å². The summed E-state index contributed by atoms with van der Waals surface area (Å²) >= 11 is 1.72. The van der Waals surface area contributed by atoms with Gasteiger partial charge in [-0.3, -0.25) is 0 Å². The van der Waals surface area contributed by atoms with Crippen molar-refractivity contribution in [1.82, 2.24) is 10.3 Å². The predicted molar refractivity (Wildman–Crippen MR) is 81.0 cm³/mol. The number of nitrogens with one attached hydrogen (secondary N) is 1. The van der Waals surface area contributed by atoms with E-state index in [1.54, 1.807) is 11.3 Å². The lowest BCUT2D eigenvalue weighted by atomic mass is 10.2. The third kappa shape index (κ3) is 4.04. The molecular weight excluding hydrogens is 256 g/mol. The molecule has 2 rings (SSSR count). The predicted octanol–water partition coefficient (Wildman–Crippen LogP) is 3.36. The molecule has 102 valence electrons. The van der Waals surface area contributed by atoms with E-state index >= 15 is 0 Å². The van der Waals surface area contributed by atoms with Gasteiger partial charge in [-0.15, -0.1) is 11.3 Å². The van der Waals surface area contributed by atoms with E-state index in [0.717, 1.165) is 43.0 Å². The standard InChI is InChI=1S/C15H20N2OS/c1-3-10-18-13-6-4-12(5-7-13)14-11-19-15(17-14)8-9-16-2/h4-7,11,16H,3,8-10H2,1-2H3. The van der Waals surface area contributed by atoms with E-state index in [4.69, 9.17) is 4.74 Å². The Kier molecular flexibility index (Phi) is 5.36. The Hall–Kier alpha value is -1.39. The molecule has 2 aromatic rings. The summed E-state index contributed by atoms with van der Waals surface area (Å²) in [5.74, 6) is 0.927. The minimum Gasteiger partial charge on any atom is -0.494 e. The number of hydrogen-bond donors (Lipinski definition) is 1. The first-order chi connectivity index (χ1) is 9.33. The van der Waals surface area contributed by atoms with Crippen molar-refractivity contribution in [2.75, 3.05) is 20.2 Å². The highest BCUT2D eigenvalue weighted by Crippen LogP contribution is 2.24. The molecule has 0 spiro atoms. The van der Waals surface area contributed by atoms with Crippen LogP contribution in [0.1, 0.15) is 18.4 Å². The van der Waals surface area contributed by atoms with Crippen molar-refractivity contribution in [2.24, 2.45) is 0 Å². The van der Waals surface area contributed by atoms with Crippen molar-refractivity contribution in [3.05, 3.63) is 34.7 Å². The second-order valence-corrected chi connectivity index (χ2v) is 5.30. The Balaban J connectivity index is 2.02. The molecule has 1 aromatic heterocycles. The zero-order valence-electron chi connectivity index (χ0n) is 11.5. The van der Waals surface area contributed by atoms with Crippen LogP contribution in [0.5, 0.6) is 5.75 Å². The van der Waals surface area contributed by atoms with Gasteiger partial charge in [-0.05, 0) is 37.7 Å². The third-order valence-corrected chi connectivity index (χ3v) is 3.67. The molecule has 1 aromatic carbocycles. The van der Waals surface area contributed by atoms with Crippen molar-refractivity contribution in [3.8, 4) is 17.0 Å². The van der Waals surface area contributed by atoms with Crippen molar-refractivity contribution < 1.29 is 4.74 Å². The number of likely N-dealkylation sites (N-methyl/N-ethyl adjacent to an activating group) is 1. The quantitative estimate of drug-likeness (QED) is 0.842. The third-order valence-electron chi connectivity index (χ3n) is 2.76. The maximum atomic E-state index is 5.58. The van der Waals surface area contributed by atoms with E-state index < -0.39 is 0 Å². The van der Waals surface area contributed by atoms with Crippen LogP contribution in [0.4, 0.5) is 0 Å². The van der Waals surface area contributed by atoms with E-state index in [-0.39, 0.29) is 0 Å². The SMILES string of the molecule is CCCOc1ccc(-c2csc(CCNC)n2)cc1. The molecule has 1 N–H and O–H groups in total. The Labute approximate surface area is 118 Å². The van der Waals surface area contributed by atoms with E-state index in [9.17, 15) is 0 Å². The van der Waals surface area contributed by atoms with Gasteiger partial charge in [0.25, 0.3) is 0 Å². The monoisotopic (exact) mass is 276 g/mol. The molecule has 0 bridgehead atoms. The molecule has 0 amide bonds. The lowest BCUT2D eigenvalue weighted by molar-refractivity contribution is 0.317. The fourth-order valence-corrected chi connectivity index (χ4v) is 2.54. The highest BCUT2D eigenvalue weighted by Gasteiger charge is 2.04. The van der Waals surface area contributed by atoms with Crippen molar-refractivity contribution in [2.45, 2.75) is 19.8 Å². The molecule has 3 nitrogen and oxygen atoms in total. The fraction of sp³-hybridized carbons (Fsp3) is 0.400. The largest absolute Gasteiger partial charge is 0.494 e. The molecule has 1 heterocycles. The summed E-state index contributed by atoms with van der Waals surface area (Å²) in [7, 11) is 1.96. The van der Waals surface area contributed by atoms with Crippen LogP contribution in [-0.2, 0) is 6.42 Å². The molecule has 0 unspecified atom stereocenters. The van der Waals surface area contributed by atoms with Crippen LogP contribution in [0.3, 0.4) is 0 Å². The first kappa shape index (κ1) is 14.0. The summed E-state index contributed by atoms with van der Waals surface area (Å²) in [4.78, 5) is 4.65. The second kappa shape index (κ2) is 7.26. The molecule has 0 saturated heterocycles. The summed E-state index contributed by atoms with van der Waals surface area (Å²) < 4.78 is 5.58. The maximum absolute atomic E-state index is 5.58. The maximum Gasteiger partial charge on any atom is 0.119 e. The molecule has 19 heavy (non-hydrogen) atoms. The number of nitrogens with zero attached hydrogens (tertiary/aromatic N) is 1. The second-order valence-electron chi connectivity index (χ2n) is 4.35. The Bertz CT molecular complexity index is 493. The minimum atomic E-state index is 0.768. The number of rotatable bonds is 7. The number of benzene rings is 1. The molecule has 4 heteroatoms. The van der Waals surface area contributed by atoms with Gasteiger partial charge >= 0.3 is 0 Å². The first-order valence-corrected chi connectivity index (χ1v) is 7.53. The summed E-state index contributed by atoms with van der Waals surface area (Å²) in [5, 5.41) is 6.44. The zero-order chi connectivity index (χ0) is 13.5. The van der Waals surface area contributed by atoms with E-state index in [1.807, 2.05) is 19.2 Å². The van der Waals surface area contributed by atoms with Gasteiger partial charge in [0.1, 0.15) is 5.75 Å². The van der Waals surface area contributed by atoms with Crippen LogP contribution in [0.15, 0.2) is 29.6 Å². The minimum absolute atomic E-state index is 0.768. The molecule has 0 aliphatic rings. The molecular formula is C15H20N2OS. The number of ether oxygens (including phenoxy) is 1. The van der Waals surface area contributed by atoms with Crippen LogP contribution >= 0.6 is 11.3 Å². The summed E-state index contributed by atoms with van der Waals surface area (Å²) in [6.07, 6.45) is 2.02. The summed E-state index contributed by atoms with van der Waals surface area (Å²) in [6.45, 7) is 3.84. The van der Waals surface area contributed by atoms with Gasteiger partial charge in [0.2, 0.25) is 0 Å². The van der Waals surface area contributed by atoms with Gasteiger partial charge in [0.05, 0.1) is 17.3 Å². The lowest BCUT2D eigenvalue weighted by Crippen LogP contribution is -2.09. The Morgan fingerprint density at radius 3 is 2.74 bits per heavy atom. The van der Waals surface area contributed by atoms with Crippen LogP contribution in [-0.4, -0.2) is 25.2 Å². The van der Waals surface area contributed by atoms with Gasteiger partial charge in [-0.2, -0.15) is 0 Å². The van der Waals surface area contributed by atoms with Crippen molar-refractivity contribution >= 4 is 11.3 Å². The average molecular weight is 276 g/mol. The van der Waals surface area contributed by atoms with Crippen LogP contribution < -0.4 is 10.1 Å². The van der Waals surface area contributed by atoms with Gasteiger partial charge in [-0.1, -0.05) is 6.92 Å².